The highest BCUT2D eigenvalue weighted by Gasteiger charge is 2.34. The lowest BCUT2D eigenvalue weighted by molar-refractivity contribution is -0.140. The molecular weight excluding hydrogens is 541 g/mol. The van der Waals surface area contributed by atoms with Gasteiger partial charge in [-0.15, -0.1) is 0 Å². The molecule has 41 heavy (non-hydrogen) atoms. The van der Waals surface area contributed by atoms with Gasteiger partial charge in [-0.25, -0.2) is 12.8 Å². The van der Waals surface area contributed by atoms with Crippen LogP contribution >= 0.6 is 0 Å². The average molecular weight is 574 g/mol. The quantitative estimate of drug-likeness (QED) is 0.264. The maximum absolute atomic E-state index is 14.8. The number of carbonyl (C=O) groups excluding carboxylic acids is 2. The summed E-state index contributed by atoms with van der Waals surface area (Å²) in [7, 11) is -4.17. The summed E-state index contributed by atoms with van der Waals surface area (Å²) in [6.45, 7) is 1.27. The van der Waals surface area contributed by atoms with Crippen molar-refractivity contribution in [1.29, 1.82) is 0 Å². The molecule has 0 aliphatic heterocycles. The van der Waals surface area contributed by atoms with E-state index in [1.165, 1.54) is 23.1 Å². The van der Waals surface area contributed by atoms with E-state index in [1.54, 1.807) is 73.7 Å². The zero-order valence-corrected chi connectivity index (χ0v) is 23.5. The van der Waals surface area contributed by atoms with E-state index in [0.717, 1.165) is 9.87 Å². The summed E-state index contributed by atoms with van der Waals surface area (Å²) in [5.41, 5.74) is 1.29. The van der Waals surface area contributed by atoms with Crippen LogP contribution in [0.3, 0.4) is 0 Å². The largest absolute Gasteiger partial charge is 0.355 e. The third-order valence-electron chi connectivity index (χ3n) is 6.57. The van der Waals surface area contributed by atoms with Gasteiger partial charge in [0.05, 0.1) is 10.6 Å². The molecule has 0 heterocycles. The molecule has 1 unspecified atom stereocenters. The van der Waals surface area contributed by atoms with Crippen molar-refractivity contribution in [3.63, 3.8) is 0 Å². The van der Waals surface area contributed by atoms with Gasteiger partial charge in [-0.1, -0.05) is 84.9 Å². The zero-order chi connectivity index (χ0) is 29.2. The molecule has 0 spiro atoms. The maximum Gasteiger partial charge on any atom is 0.264 e. The molecule has 0 saturated heterocycles. The van der Waals surface area contributed by atoms with Crippen molar-refractivity contribution < 1.29 is 22.4 Å². The summed E-state index contributed by atoms with van der Waals surface area (Å²) in [4.78, 5) is 28.9. The number of rotatable bonds is 12. The number of sulfonamides is 1. The first-order valence-corrected chi connectivity index (χ1v) is 14.7. The average Bonchev–Trinajstić information content (AvgIpc) is 3.00. The van der Waals surface area contributed by atoms with Crippen LogP contribution in [0.2, 0.25) is 0 Å². The second kappa shape index (κ2) is 13.7. The summed E-state index contributed by atoms with van der Waals surface area (Å²) in [6.07, 6.45) is 0.156. The minimum Gasteiger partial charge on any atom is -0.355 e. The smallest absolute Gasteiger partial charge is 0.264 e. The fourth-order valence-electron chi connectivity index (χ4n) is 4.50. The van der Waals surface area contributed by atoms with Crippen molar-refractivity contribution in [3.05, 3.63) is 132 Å². The van der Waals surface area contributed by atoms with Crippen LogP contribution in [0.1, 0.15) is 18.1 Å². The van der Waals surface area contributed by atoms with E-state index < -0.39 is 40.2 Å². The van der Waals surface area contributed by atoms with Crippen LogP contribution in [0.15, 0.2) is 120 Å². The molecular formula is C32H32FN3O4S. The molecule has 7 nitrogen and oxygen atoms in total. The number of para-hydroxylation sites is 1. The van der Waals surface area contributed by atoms with E-state index in [0.29, 0.717) is 6.54 Å². The summed E-state index contributed by atoms with van der Waals surface area (Å²) >= 11 is 0. The first-order chi connectivity index (χ1) is 19.8. The lowest BCUT2D eigenvalue weighted by Gasteiger charge is -2.33. The van der Waals surface area contributed by atoms with E-state index in [2.05, 4.69) is 5.32 Å². The summed E-state index contributed by atoms with van der Waals surface area (Å²) in [6, 6.07) is 30.3. The van der Waals surface area contributed by atoms with Crippen molar-refractivity contribution in [2.45, 2.75) is 30.8 Å². The topological polar surface area (TPSA) is 86.8 Å². The highest BCUT2D eigenvalue weighted by molar-refractivity contribution is 7.92. The molecule has 4 rings (SSSR count). The fraction of sp³-hybridized carbons (Fsp3) is 0.188. The molecule has 0 fully saturated rings. The molecule has 0 aliphatic rings. The van der Waals surface area contributed by atoms with Crippen LogP contribution < -0.4 is 9.62 Å². The molecule has 1 atom stereocenters. The van der Waals surface area contributed by atoms with Crippen LogP contribution in [0, 0.1) is 5.82 Å². The zero-order valence-electron chi connectivity index (χ0n) is 22.7. The third-order valence-corrected chi connectivity index (χ3v) is 8.36. The van der Waals surface area contributed by atoms with Crippen LogP contribution in [0.5, 0.6) is 0 Å². The van der Waals surface area contributed by atoms with Crippen LogP contribution in [0.4, 0.5) is 10.1 Å². The van der Waals surface area contributed by atoms with Gasteiger partial charge in [0, 0.05) is 25.1 Å². The van der Waals surface area contributed by atoms with Crippen molar-refractivity contribution in [1.82, 2.24) is 10.2 Å². The number of carbonyl (C=O) groups is 2. The fourth-order valence-corrected chi connectivity index (χ4v) is 5.93. The number of nitrogens with one attached hydrogen (secondary N) is 1. The minimum absolute atomic E-state index is 0.0156. The molecule has 0 bridgehead atoms. The number of halogens is 1. The van der Waals surface area contributed by atoms with Crippen molar-refractivity contribution in [2.24, 2.45) is 0 Å². The number of likely N-dealkylation sites (N-methyl/N-ethyl adjacent to an activating group) is 1. The van der Waals surface area contributed by atoms with Gasteiger partial charge in [-0.05, 0) is 42.8 Å². The lowest BCUT2D eigenvalue weighted by Crippen LogP contribution is -2.53. The maximum atomic E-state index is 14.8. The highest BCUT2D eigenvalue weighted by atomic mass is 32.2. The predicted molar refractivity (Wildman–Crippen MR) is 157 cm³/mol. The lowest BCUT2D eigenvalue weighted by atomic mass is 10.0. The third kappa shape index (κ3) is 7.37. The summed E-state index contributed by atoms with van der Waals surface area (Å²) < 4.78 is 43.5. The molecule has 9 heteroatoms. The molecule has 2 amide bonds. The summed E-state index contributed by atoms with van der Waals surface area (Å²) in [5, 5.41) is 2.78. The van der Waals surface area contributed by atoms with Crippen LogP contribution in [-0.4, -0.2) is 44.3 Å². The van der Waals surface area contributed by atoms with Gasteiger partial charge in [-0.2, -0.15) is 0 Å². The van der Waals surface area contributed by atoms with Crippen LogP contribution in [-0.2, 0) is 32.6 Å². The number of benzene rings is 4. The van der Waals surface area contributed by atoms with Crippen LogP contribution in [0.25, 0.3) is 0 Å². The Hall–Kier alpha value is -4.50. The first-order valence-electron chi connectivity index (χ1n) is 13.3. The molecule has 0 aliphatic carbocycles. The minimum atomic E-state index is -4.17. The number of hydrogen-bond acceptors (Lipinski definition) is 4. The monoisotopic (exact) mass is 573 g/mol. The number of nitrogens with zero attached hydrogens (tertiary/aromatic N) is 2. The standard InChI is InChI=1S/C32H32FN3O4S/c1-2-34-32(38)30(22-25-14-6-3-7-15-25)35(23-26-16-12-13-21-29(26)33)31(37)24-36(27-17-8-4-9-18-27)41(39,40)28-19-10-5-11-20-28/h3-21,30H,2,22-24H2,1H3,(H,34,38). The molecule has 0 aromatic heterocycles. The predicted octanol–water partition coefficient (Wildman–Crippen LogP) is 4.80. The van der Waals surface area contributed by atoms with Gasteiger partial charge in [0.2, 0.25) is 11.8 Å². The van der Waals surface area contributed by atoms with E-state index >= 15 is 0 Å². The SMILES string of the molecule is CCNC(=O)C(Cc1ccccc1)N(Cc1ccccc1F)C(=O)CN(c1ccccc1)S(=O)(=O)c1ccccc1. The van der Waals surface area contributed by atoms with Gasteiger partial charge in [0.15, 0.2) is 0 Å². The van der Waals surface area contributed by atoms with Gasteiger partial charge < -0.3 is 10.2 Å². The Labute approximate surface area is 240 Å². The molecule has 1 N–H and O–H groups in total. The number of anilines is 1. The molecule has 0 radical (unpaired) electrons. The van der Waals surface area contributed by atoms with Gasteiger partial charge in [0.25, 0.3) is 10.0 Å². The highest BCUT2D eigenvalue weighted by Crippen LogP contribution is 2.25. The Kier molecular flexibility index (Phi) is 9.86. The Balaban J connectivity index is 1.78. The Morgan fingerprint density at radius 2 is 1.37 bits per heavy atom. The first kappa shape index (κ1) is 29.5. The van der Waals surface area contributed by atoms with E-state index in [-0.39, 0.29) is 29.1 Å². The van der Waals surface area contributed by atoms with E-state index in [4.69, 9.17) is 0 Å². The molecule has 0 saturated carbocycles. The number of hydrogen-bond donors (Lipinski definition) is 1. The van der Waals surface area contributed by atoms with E-state index in [1.807, 2.05) is 30.3 Å². The molecule has 4 aromatic carbocycles. The van der Waals surface area contributed by atoms with Crippen molar-refractivity contribution in [3.8, 4) is 0 Å². The normalized spacial score (nSPS) is 11.9. The Morgan fingerprint density at radius 1 is 0.805 bits per heavy atom. The summed E-state index contributed by atoms with van der Waals surface area (Å²) in [5.74, 6) is -1.60. The van der Waals surface area contributed by atoms with Crippen molar-refractivity contribution in [2.75, 3.05) is 17.4 Å². The Bertz CT molecular complexity index is 1550. The van der Waals surface area contributed by atoms with Crippen molar-refractivity contribution >= 4 is 27.5 Å². The second-order valence-electron chi connectivity index (χ2n) is 9.37. The molecule has 212 valence electrons. The van der Waals surface area contributed by atoms with Gasteiger partial charge in [-0.3, -0.25) is 13.9 Å². The van der Waals surface area contributed by atoms with Gasteiger partial charge in [0.1, 0.15) is 18.4 Å². The van der Waals surface area contributed by atoms with E-state index in [9.17, 15) is 22.4 Å². The van der Waals surface area contributed by atoms with Gasteiger partial charge >= 0.3 is 0 Å². The molecule has 4 aromatic rings. The number of amides is 2. The second-order valence-corrected chi connectivity index (χ2v) is 11.2. The Morgan fingerprint density at radius 3 is 1.98 bits per heavy atom.